The lowest BCUT2D eigenvalue weighted by Crippen LogP contribution is -2.27. The van der Waals surface area contributed by atoms with Gasteiger partial charge >= 0.3 is 6.36 Å². The first kappa shape index (κ1) is 20.5. The van der Waals surface area contributed by atoms with E-state index in [1.165, 1.54) is 63.5 Å². The molecule has 2 aliphatic rings. The van der Waals surface area contributed by atoms with E-state index >= 15 is 0 Å². The molecule has 0 aliphatic heterocycles. The van der Waals surface area contributed by atoms with Gasteiger partial charge in [0.25, 0.3) is 0 Å². The van der Waals surface area contributed by atoms with Crippen molar-refractivity contribution in [3.05, 3.63) is 29.1 Å². The van der Waals surface area contributed by atoms with E-state index in [-0.39, 0.29) is 0 Å². The minimum atomic E-state index is -4.86. The van der Waals surface area contributed by atoms with E-state index in [2.05, 4.69) is 11.7 Å². The molecule has 0 spiro atoms. The van der Waals surface area contributed by atoms with E-state index in [1.807, 2.05) is 0 Å². The van der Waals surface area contributed by atoms with Crippen molar-refractivity contribution in [2.24, 2.45) is 17.8 Å². The lowest BCUT2D eigenvalue weighted by Gasteiger charge is -2.36. The molecule has 0 aromatic heterocycles. The van der Waals surface area contributed by atoms with Crippen LogP contribution in [-0.4, -0.2) is 6.36 Å². The van der Waals surface area contributed by atoms with Crippen LogP contribution in [0, 0.1) is 23.6 Å². The number of hydrogen-bond donors (Lipinski definition) is 0. The fraction of sp³-hybridized carbons (Fsp3) is 0.727. The lowest BCUT2D eigenvalue weighted by atomic mass is 9.69. The van der Waals surface area contributed by atoms with E-state index < -0.39 is 17.9 Å². The van der Waals surface area contributed by atoms with E-state index in [0.29, 0.717) is 18.3 Å². The van der Waals surface area contributed by atoms with Crippen molar-refractivity contribution < 1.29 is 22.3 Å². The topological polar surface area (TPSA) is 9.23 Å². The van der Waals surface area contributed by atoms with Crippen molar-refractivity contribution in [2.75, 3.05) is 0 Å². The fourth-order valence-electron chi connectivity index (χ4n) is 5.02. The molecule has 152 valence electrons. The summed E-state index contributed by atoms with van der Waals surface area (Å²) in [5.41, 5.74) is 1.67. The number of halogens is 4. The minimum absolute atomic E-state index is 0.530. The van der Waals surface area contributed by atoms with Crippen LogP contribution in [0.5, 0.6) is 5.75 Å². The summed E-state index contributed by atoms with van der Waals surface area (Å²) >= 11 is 0. The second kappa shape index (κ2) is 8.83. The molecule has 0 bridgehead atoms. The summed E-state index contributed by atoms with van der Waals surface area (Å²) in [5.74, 6) is 0.458. The Balaban J connectivity index is 1.56. The van der Waals surface area contributed by atoms with Crippen molar-refractivity contribution >= 4 is 0 Å². The third-order valence-corrected chi connectivity index (χ3v) is 6.52. The standard InChI is InChI=1S/C22H30F4O/c1-2-3-4-5-15-6-8-16(9-7-15)17-10-11-18-14-21(27-22(24,25)26)20(23)13-19(18)12-17/h13-17H,2-12H2,1H3. The maximum Gasteiger partial charge on any atom is 0.573 e. The smallest absolute Gasteiger partial charge is 0.403 e. The molecule has 1 aromatic carbocycles. The Kier molecular flexibility index (Phi) is 6.69. The molecule has 0 radical (unpaired) electrons. The molecule has 1 fully saturated rings. The SMILES string of the molecule is CCCCCC1CCC(C2CCc3cc(OC(F)(F)F)c(F)cc3C2)CC1. The Morgan fingerprint density at radius 1 is 0.963 bits per heavy atom. The predicted octanol–water partition coefficient (Wildman–Crippen LogP) is 7.22. The van der Waals surface area contributed by atoms with Crippen LogP contribution in [0.1, 0.15) is 75.8 Å². The van der Waals surface area contributed by atoms with Gasteiger partial charge in [-0.15, -0.1) is 13.2 Å². The van der Waals surface area contributed by atoms with E-state index in [1.54, 1.807) is 0 Å². The highest BCUT2D eigenvalue weighted by Gasteiger charge is 2.34. The van der Waals surface area contributed by atoms with Crippen LogP contribution in [0.3, 0.4) is 0 Å². The Morgan fingerprint density at radius 3 is 2.37 bits per heavy atom. The first-order valence-electron chi connectivity index (χ1n) is 10.4. The Labute approximate surface area is 159 Å². The van der Waals surface area contributed by atoms with Crippen molar-refractivity contribution in [3.63, 3.8) is 0 Å². The van der Waals surface area contributed by atoms with Crippen LogP contribution in [0.4, 0.5) is 17.6 Å². The first-order valence-corrected chi connectivity index (χ1v) is 10.4. The number of fused-ring (bicyclic) bond motifs is 1. The van der Waals surface area contributed by atoms with Gasteiger partial charge in [-0.05, 0) is 73.1 Å². The van der Waals surface area contributed by atoms with Crippen LogP contribution in [0.2, 0.25) is 0 Å². The van der Waals surface area contributed by atoms with Crippen molar-refractivity contribution in [1.82, 2.24) is 0 Å². The summed E-state index contributed by atoms with van der Waals surface area (Å²) in [4.78, 5) is 0. The molecule has 0 saturated heterocycles. The number of benzene rings is 1. The summed E-state index contributed by atoms with van der Waals surface area (Å²) in [5, 5.41) is 0. The molecule has 3 rings (SSSR count). The van der Waals surface area contributed by atoms with Gasteiger partial charge < -0.3 is 4.74 Å². The third kappa shape index (κ3) is 5.61. The molecule has 1 atom stereocenters. The molecule has 2 aliphatic carbocycles. The van der Waals surface area contributed by atoms with Gasteiger partial charge in [0, 0.05) is 0 Å². The molecule has 0 N–H and O–H groups in total. The number of rotatable bonds is 6. The largest absolute Gasteiger partial charge is 0.573 e. The van der Waals surface area contributed by atoms with Crippen LogP contribution in [0.25, 0.3) is 0 Å². The quantitative estimate of drug-likeness (QED) is 0.370. The molecule has 1 nitrogen and oxygen atoms in total. The van der Waals surface area contributed by atoms with Crippen LogP contribution < -0.4 is 4.74 Å². The first-order chi connectivity index (χ1) is 12.9. The zero-order valence-corrected chi connectivity index (χ0v) is 16.1. The van der Waals surface area contributed by atoms with Gasteiger partial charge in [0.15, 0.2) is 11.6 Å². The minimum Gasteiger partial charge on any atom is -0.403 e. The molecular weight excluding hydrogens is 356 g/mol. The van der Waals surface area contributed by atoms with E-state index in [0.717, 1.165) is 29.9 Å². The highest BCUT2D eigenvalue weighted by Crippen LogP contribution is 2.42. The Bertz CT molecular complexity index is 617. The molecule has 1 saturated carbocycles. The van der Waals surface area contributed by atoms with Crippen LogP contribution in [-0.2, 0) is 12.8 Å². The number of unbranched alkanes of at least 4 members (excludes halogenated alkanes) is 2. The Hall–Kier alpha value is -1.26. The lowest BCUT2D eigenvalue weighted by molar-refractivity contribution is -0.275. The zero-order valence-electron chi connectivity index (χ0n) is 16.1. The summed E-state index contributed by atoms with van der Waals surface area (Å²) in [7, 11) is 0. The molecule has 1 unspecified atom stereocenters. The van der Waals surface area contributed by atoms with Gasteiger partial charge in [0.1, 0.15) is 0 Å². The second-order valence-electron chi connectivity index (χ2n) is 8.38. The number of ether oxygens (including phenoxy) is 1. The maximum absolute atomic E-state index is 14.1. The van der Waals surface area contributed by atoms with Crippen molar-refractivity contribution in [1.29, 1.82) is 0 Å². The molecule has 0 heterocycles. The van der Waals surface area contributed by atoms with E-state index in [4.69, 9.17) is 0 Å². The maximum atomic E-state index is 14.1. The average Bonchev–Trinajstić information content (AvgIpc) is 2.62. The number of aryl methyl sites for hydroxylation is 1. The van der Waals surface area contributed by atoms with Crippen LogP contribution >= 0.6 is 0 Å². The fourth-order valence-corrected chi connectivity index (χ4v) is 5.02. The van der Waals surface area contributed by atoms with Gasteiger partial charge in [0.05, 0.1) is 0 Å². The highest BCUT2D eigenvalue weighted by molar-refractivity contribution is 5.39. The second-order valence-corrected chi connectivity index (χ2v) is 8.38. The number of hydrogen-bond acceptors (Lipinski definition) is 1. The van der Waals surface area contributed by atoms with Gasteiger partial charge in [-0.25, -0.2) is 4.39 Å². The van der Waals surface area contributed by atoms with Gasteiger partial charge in [-0.2, -0.15) is 0 Å². The summed E-state index contributed by atoms with van der Waals surface area (Å²) in [6.07, 6.45) is 7.98. The Morgan fingerprint density at radius 2 is 1.70 bits per heavy atom. The molecule has 0 amide bonds. The predicted molar refractivity (Wildman–Crippen MR) is 98.2 cm³/mol. The highest BCUT2D eigenvalue weighted by atomic mass is 19.4. The molecule has 5 heteroatoms. The summed E-state index contributed by atoms with van der Waals surface area (Å²) in [6, 6.07) is 2.51. The summed E-state index contributed by atoms with van der Waals surface area (Å²) < 4.78 is 55.1. The average molecular weight is 386 g/mol. The zero-order chi connectivity index (χ0) is 19.4. The van der Waals surface area contributed by atoms with Crippen LogP contribution in [0.15, 0.2) is 12.1 Å². The molecular formula is C22H30F4O. The molecule has 27 heavy (non-hydrogen) atoms. The van der Waals surface area contributed by atoms with Gasteiger partial charge in [-0.3, -0.25) is 0 Å². The normalized spacial score (nSPS) is 25.9. The van der Waals surface area contributed by atoms with Crippen molar-refractivity contribution in [2.45, 2.75) is 83.9 Å². The van der Waals surface area contributed by atoms with E-state index in [9.17, 15) is 17.6 Å². The monoisotopic (exact) mass is 386 g/mol. The molecule has 1 aromatic rings. The van der Waals surface area contributed by atoms with Gasteiger partial charge in [-0.1, -0.05) is 45.4 Å². The summed E-state index contributed by atoms with van der Waals surface area (Å²) in [6.45, 7) is 2.23. The van der Waals surface area contributed by atoms with Crippen molar-refractivity contribution in [3.8, 4) is 5.75 Å². The van der Waals surface area contributed by atoms with Gasteiger partial charge in [0.2, 0.25) is 0 Å². The third-order valence-electron chi connectivity index (χ3n) is 6.52. The number of alkyl halides is 3.